The molecule has 4 rings (SSSR count). The highest BCUT2D eigenvalue weighted by Gasteiger charge is 2.28. The van der Waals surface area contributed by atoms with Crippen LogP contribution >= 0.6 is 0 Å². The molecule has 2 aromatic rings. The van der Waals surface area contributed by atoms with Gasteiger partial charge in [-0.3, -0.25) is 29.3 Å². The zero-order valence-corrected chi connectivity index (χ0v) is 19.2. The molecule has 34 heavy (non-hydrogen) atoms. The van der Waals surface area contributed by atoms with Crippen molar-refractivity contribution in [3.05, 3.63) is 64.2 Å². The Labute approximate surface area is 196 Å². The molecule has 1 heterocycles. The van der Waals surface area contributed by atoms with Crippen LogP contribution in [0.15, 0.2) is 53.4 Å². The van der Waals surface area contributed by atoms with Crippen molar-refractivity contribution >= 4 is 33.2 Å². The smallest absolute Gasteiger partial charge is 0.270 e. The van der Waals surface area contributed by atoms with Crippen LogP contribution in [-0.4, -0.2) is 73.7 Å². The minimum atomic E-state index is -4.16. The molecule has 12 heteroatoms. The van der Waals surface area contributed by atoms with Crippen LogP contribution < -0.4 is 10.0 Å². The summed E-state index contributed by atoms with van der Waals surface area (Å²) >= 11 is 0. The number of benzene rings is 2. The summed E-state index contributed by atoms with van der Waals surface area (Å²) in [6.07, 6.45) is 2.05. The van der Waals surface area contributed by atoms with E-state index in [0.717, 1.165) is 18.9 Å². The van der Waals surface area contributed by atoms with Gasteiger partial charge in [0.25, 0.3) is 21.6 Å². The number of rotatable bonds is 8. The fourth-order valence-electron chi connectivity index (χ4n) is 3.71. The van der Waals surface area contributed by atoms with Crippen molar-refractivity contribution in [3.8, 4) is 0 Å². The molecule has 0 atom stereocenters. The van der Waals surface area contributed by atoms with Gasteiger partial charge >= 0.3 is 0 Å². The minimum absolute atomic E-state index is 0.0109. The number of anilines is 1. The predicted molar refractivity (Wildman–Crippen MR) is 124 cm³/mol. The third kappa shape index (κ3) is 5.69. The highest BCUT2D eigenvalue weighted by Crippen LogP contribution is 2.24. The van der Waals surface area contributed by atoms with Crippen molar-refractivity contribution in [2.45, 2.75) is 23.8 Å². The maximum absolute atomic E-state index is 13.2. The first-order valence-corrected chi connectivity index (χ1v) is 12.4. The van der Waals surface area contributed by atoms with Gasteiger partial charge in [-0.15, -0.1) is 0 Å². The van der Waals surface area contributed by atoms with Crippen LogP contribution in [0, 0.1) is 10.1 Å². The molecule has 0 spiro atoms. The van der Waals surface area contributed by atoms with Gasteiger partial charge in [-0.05, 0) is 31.0 Å². The Bertz CT molecular complexity index is 1210. The van der Waals surface area contributed by atoms with Gasteiger partial charge < -0.3 is 10.2 Å². The normalized spacial score (nSPS) is 16.6. The molecule has 180 valence electrons. The Morgan fingerprint density at radius 3 is 2.41 bits per heavy atom. The second-order valence-corrected chi connectivity index (χ2v) is 10.00. The highest BCUT2D eigenvalue weighted by atomic mass is 32.2. The summed E-state index contributed by atoms with van der Waals surface area (Å²) in [5.41, 5.74) is -0.0856. The first-order chi connectivity index (χ1) is 16.2. The predicted octanol–water partition coefficient (Wildman–Crippen LogP) is 1.43. The van der Waals surface area contributed by atoms with Gasteiger partial charge in [0.1, 0.15) is 0 Å². The maximum atomic E-state index is 13.2. The Hall–Kier alpha value is -3.51. The number of nitrogens with zero attached hydrogens (tertiary/aromatic N) is 3. The van der Waals surface area contributed by atoms with E-state index >= 15 is 0 Å². The minimum Gasteiger partial charge on any atom is -0.352 e. The molecular weight excluding hydrogens is 462 g/mol. The van der Waals surface area contributed by atoms with E-state index in [9.17, 15) is 28.1 Å². The van der Waals surface area contributed by atoms with E-state index < -0.39 is 14.9 Å². The number of nitrogens with one attached hydrogen (secondary N) is 2. The van der Waals surface area contributed by atoms with Crippen LogP contribution in [-0.2, 0) is 14.8 Å². The van der Waals surface area contributed by atoms with E-state index in [4.69, 9.17) is 0 Å². The molecule has 0 unspecified atom stereocenters. The molecule has 1 saturated heterocycles. The van der Waals surface area contributed by atoms with Crippen LogP contribution in [0.5, 0.6) is 0 Å². The van der Waals surface area contributed by atoms with Crippen LogP contribution in [0.1, 0.15) is 23.2 Å². The number of para-hydroxylation sites is 1. The van der Waals surface area contributed by atoms with Crippen LogP contribution in [0.4, 0.5) is 11.4 Å². The van der Waals surface area contributed by atoms with Crippen LogP contribution in [0.25, 0.3) is 0 Å². The molecule has 11 nitrogen and oxygen atoms in total. The standard InChI is InChI=1S/C22H25N5O6S/c28-21(23-16-8-9-16)15-25-10-12-26(13-11-25)22(29)19-6-1-2-7-20(19)24-34(32,33)18-5-3-4-17(14-18)27(30)31/h1-7,14,16,24H,8-13,15H2,(H,23,28). The van der Waals surface area contributed by atoms with Crippen molar-refractivity contribution in [2.24, 2.45) is 0 Å². The zero-order chi connectivity index (χ0) is 24.3. The first kappa shape index (κ1) is 23.6. The summed E-state index contributed by atoms with van der Waals surface area (Å²) in [5.74, 6) is -0.345. The number of non-ortho nitro benzene ring substituents is 1. The number of hydrogen-bond donors (Lipinski definition) is 2. The molecule has 0 aromatic heterocycles. The SMILES string of the molecule is O=C(CN1CCN(C(=O)c2ccccc2NS(=O)(=O)c2cccc([N+](=O)[O-])c2)CC1)NC1CC1. The lowest BCUT2D eigenvalue weighted by atomic mass is 10.1. The van der Waals surface area contributed by atoms with E-state index in [0.29, 0.717) is 32.2 Å². The molecule has 2 N–H and O–H groups in total. The summed E-state index contributed by atoms with van der Waals surface area (Å²) in [4.78, 5) is 38.8. The fourth-order valence-corrected chi connectivity index (χ4v) is 4.83. The lowest BCUT2D eigenvalue weighted by molar-refractivity contribution is -0.385. The van der Waals surface area contributed by atoms with Gasteiger partial charge in [-0.2, -0.15) is 0 Å². The molecule has 0 radical (unpaired) electrons. The van der Waals surface area contributed by atoms with Gasteiger partial charge in [0.2, 0.25) is 5.91 Å². The fraction of sp³-hybridized carbons (Fsp3) is 0.364. The topological polar surface area (TPSA) is 142 Å². The molecular formula is C22H25N5O6S. The third-order valence-electron chi connectivity index (χ3n) is 5.71. The van der Waals surface area contributed by atoms with Crippen molar-refractivity contribution in [3.63, 3.8) is 0 Å². The number of hydrogen-bond acceptors (Lipinski definition) is 7. The zero-order valence-electron chi connectivity index (χ0n) is 18.3. The number of amides is 2. The lowest BCUT2D eigenvalue weighted by Gasteiger charge is -2.34. The quantitative estimate of drug-likeness (QED) is 0.424. The van der Waals surface area contributed by atoms with Gasteiger partial charge in [0.15, 0.2) is 0 Å². The molecule has 2 fully saturated rings. The molecule has 2 aliphatic rings. The molecule has 2 amide bonds. The van der Waals surface area contributed by atoms with Crippen molar-refractivity contribution in [1.29, 1.82) is 0 Å². The molecule has 1 saturated carbocycles. The number of carbonyl (C=O) groups excluding carboxylic acids is 2. The van der Waals surface area contributed by atoms with E-state index in [1.807, 2.05) is 4.90 Å². The van der Waals surface area contributed by atoms with Crippen molar-refractivity contribution in [2.75, 3.05) is 37.4 Å². The largest absolute Gasteiger partial charge is 0.352 e. The number of sulfonamides is 1. The second-order valence-electron chi connectivity index (χ2n) is 8.32. The summed E-state index contributed by atoms with van der Waals surface area (Å²) in [7, 11) is -4.16. The Kier molecular flexibility index (Phi) is 6.80. The first-order valence-electron chi connectivity index (χ1n) is 10.9. The van der Waals surface area contributed by atoms with Crippen molar-refractivity contribution < 1.29 is 22.9 Å². The lowest BCUT2D eigenvalue weighted by Crippen LogP contribution is -2.51. The molecule has 0 bridgehead atoms. The number of carbonyl (C=O) groups is 2. The third-order valence-corrected chi connectivity index (χ3v) is 7.07. The Balaban J connectivity index is 1.43. The maximum Gasteiger partial charge on any atom is 0.270 e. The van der Waals surface area contributed by atoms with E-state index in [1.165, 1.54) is 30.3 Å². The Morgan fingerprint density at radius 2 is 1.74 bits per heavy atom. The molecule has 1 aliphatic heterocycles. The van der Waals surface area contributed by atoms with E-state index in [1.54, 1.807) is 17.0 Å². The average molecular weight is 488 g/mol. The Morgan fingerprint density at radius 1 is 1.03 bits per heavy atom. The van der Waals surface area contributed by atoms with Gasteiger partial charge in [0, 0.05) is 44.4 Å². The van der Waals surface area contributed by atoms with Crippen LogP contribution in [0.2, 0.25) is 0 Å². The number of nitro groups is 1. The molecule has 2 aromatic carbocycles. The second kappa shape index (κ2) is 9.77. The number of piperazine rings is 1. The van der Waals surface area contributed by atoms with Gasteiger partial charge in [-0.25, -0.2) is 8.42 Å². The van der Waals surface area contributed by atoms with E-state index in [2.05, 4.69) is 10.0 Å². The van der Waals surface area contributed by atoms with E-state index in [-0.39, 0.29) is 40.2 Å². The average Bonchev–Trinajstić information content (AvgIpc) is 3.63. The summed E-state index contributed by atoms with van der Waals surface area (Å²) in [6.45, 7) is 2.16. The summed E-state index contributed by atoms with van der Waals surface area (Å²) in [5, 5.41) is 14.0. The summed E-state index contributed by atoms with van der Waals surface area (Å²) in [6, 6.07) is 11.2. The van der Waals surface area contributed by atoms with Gasteiger partial charge in [-0.1, -0.05) is 18.2 Å². The van der Waals surface area contributed by atoms with Crippen molar-refractivity contribution in [1.82, 2.24) is 15.1 Å². The molecule has 1 aliphatic carbocycles. The number of nitro benzene ring substituents is 1. The summed E-state index contributed by atoms with van der Waals surface area (Å²) < 4.78 is 28.1. The monoisotopic (exact) mass is 487 g/mol. The van der Waals surface area contributed by atoms with Crippen LogP contribution in [0.3, 0.4) is 0 Å². The van der Waals surface area contributed by atoms with Gasteiger partial charge in [0.05, 0.1) is 27.6 Å². The highest BCUT2D eigenvalue weighted by molar-refractivity contribution is 7.92.